The van der Waals surface area contributed by atoms with Gasteiger partial charge in [-0.1, -0.05) is 35.9 Å². The summed E-state index contributed by atoms with van der Waals surface area (Å²) in [5, 5.41) is 0. The van der Waals surface area contributed by atoms with Crippen molar-refractivity contribution in [3.8, 4) is 5.69 Å². The molecule has 2 aromatic carbocycles. The standard InChI is InChI=1S/C26H28N2O5S/c1-18-9-11-22(12-10-18)27-19(2)15-24(20(27)3)26(30)33-16-25(29)28(21-7-5-4-6-8-21)23-13-14-34(31,32)17-23/h4-12,15,23H,13-14,16-17H2,1-3H3. The molecule has 0 aliphatic carbocycles. The number of esters is 1. The second-order valence-corrected chi connectivity index (χ2v) is 10.9. The average Bonchev–Trinajstić information content (AvgIpc) is 3.31. The Morgan fingerprint density at radius 3 is 2.32 bits per heavy atom. The highest BCUT2D eigenvalue weighted by Gasteiger charge is 2.36. The van der Waals surface area contributed by atoms with Crippen LogP contribution in [0.5, 0.6) is 0 Å². The molecule has 1 aliphatic heterocycles. The largest absolute Gasteiger partial charge is 0.452 e. The van der Waals surface area contributed by atoms with E-state index in [0.717, 1.165) is 22.6 Å². The monoisotopic (exact) mass is 480 g/mol. The highest BCUT2D eigenvalue weighted by molar-refractivity contribution is 7.91. The molecule has 1 aromatic heterocycles. The molecule has 34 heavy (non-hydrogen) atoms. The lowest BCUT2D eigenvalue weighted by Crippen LogP contribution is -2.43. The Balaban J connectivity index is 1.52. The number of benzene rings is 2. The van der Waals surface area contributed by atoms with Crippen molar-refractivity contribution in [2.75, 3.05) is 23.0 Å². The van der Waals surface area contributed by atoms with Crippen LogP contribution in [0.1, 0.15) is 33.7 Å². The third kappa shape index (κ3) is 4.92. The first-order valence-electron chi connectivity index (χ1n) is 11.2. The first-order valence-corrected chi connectivity index (χ1v) is 13.0. The molecule has 1 aliphatic rings. The molecule has 0 N–H and O–H groups in total. The number of amides is 1. The fourth-order valence-electron chi connectivity index (χ4n) is 4.46. The van der Waals surface area contributed by atoms with Crippen LogP contribution in [0.3, 0.4) is 0 Å². The zero-order valence-corrected chi connectivity index (χ0v) is 20.3. The molecule has 0 radical (unpaired) electrons. The SMILES string of the molecule is Cc1ccc(-n2c(C)cc(C(=O)OCC(=O)N(c3ccccc3)C3CCS(=O)(=O)C3)c2C)cc1. The zero-order valence-electron chi connectivity index (χ0n) is 19.5. The molecule has 2 heterocycles. The number of sulfone groups is 1. The van der Waals surface area contributed by atoms with Gasteiger partial charge >= 0.3 is 5.97 Å². The molecule has 4 rings (SSSR count). The number of aromatic nitrogens is 1. The Morgan fingerprint density at radius 2 is 1.71 bits per heavy atom. The summed E-state index contributed by atoms with van der Waals surface area (Å²) in [6, 6.07) is 18.1. The molecule has 1 saturated heterocycles. The summed E-state index contributed by atoms with van der Waals surface area (Å²) in [5.41, 5.74) is 4.65. The number of hydrogen-bond acceptors (Lipinski definition) is 5. The molecule has 7 nitrogen and oxygen atoms in total. The van der Waals surface area contributed by atoms with Crippen LogP contribution in [0.4, 0.5) is 5.69 Å². The summed E-state index contributed by atoms with van der Waals surface area (Å²) in [6.45, 7) is 5.29. The lowest BCUT2D eigenvalue weighted by molar-refractivity contribution is -0.122. The quantitative estimate of drug-likeness (QED) is 0.501. The maximum Gasteiger partial charge on any atom is 0.340 e. The van der Waals surface area contributed by atoms with E-state index in [9.17, 15) is 18.0 Å². The van der Waals surface area contributed by atoms with Gasteiger partial charge in [-0.2, -0.15) is 0 Å². The Bertz CT molecular complexity index is 1310. The predicted octanol–water partition coefficient (Wildman–Crippen LogP) is 3.78. The minimum Gasteiger partial charge on any atom is -0.452 e. The van der Waals surface area contributed by atoms with E-state index in [0.29, 0.717) is 17.7 Å². The van der Waals surface area contributed by atoms with Crippen LogP contribution in [0, 0.1) is 20.8 Å². The predicted molar refractivity (Wildman–Crippen MR) is 131 cm³/mol. The molecule has 1 amide bonds. The van der Waals surface area contributed by atoms with Crippen LogP contribution in [-0.4, -0.2) is 49.0 Å². The molecule has 1 unspecified atom stereocenters. The van der Waals surface area contributed by atoms with E-state index >= 15 is 0 Å². The van der Waals surface area contributed by atoms with Gasteiger partial charge in [0.15, 0.2) is 16.4 Å². The number of ether oxygens (including phenoxy) is 1. The van der Waals surface area contributed by atoms with Gasteiger partial charge in [0, 0.05) is 22.8 Å². The van der Waals surface area contributed by atoms with E-state index in [4.69, 9.17) is 4.74 Å². The molecular weight excluding hydrogens is 452 g/mol. The smallest absolute Gasteiger partial charge is 0.340 e. The van der Waals surface area contributed by atoms with Crippen LogP contribution in [0.15, 0.2) is 60.7 Å². The maximum atomic E-state index is 13.1. The number of hydrogen-bond donors (Lipinski definition) is 0. The fraction of sp³-hybridized carbons (Fsp3) is 0.308. The number of nitrogens with zero attached hydrogens (tertiary/aromatic N) is 2. The van der Waals surface area contributed by atoms with E-state index < -0.39 is 34.4 Å². The molecular formula is C26H28N2O5S. The van der Waals surface area contributed by atoms with Crippen molar-refractivity contribution in [3.63, 3.8) is 0 Å². The molecule has 0 spiro atoms. The minimum absolute atomic E-state index is 0.0407. The number of anilines is 1. The lowest BCUT2D eigenvalue weighted by Gasteiger charge is -2.28. The van der Waals surface area contributed by atoms with E-state index in [1.165, 1.54) is 4.90 Å². The molecule has 3 aromatic rings. The lowest BCUT2D eigenvalue weighted by atomic mass is 10.2. The number of para-hydroxylation sites is 1. The molecule has 1 atom stereocenters. The third-order valence-electron chi connectivity index (χ3n) is 6.15. The van der Waals surface area contributed by atoms with E-state index in [2.05, 4.69) is 0 Å². The number of carbonyl (C=O) groups excluding carboxylic acids is 2. The first-order chi connectivity index (χ1) is 16.2. The van der Waals surface area contributed by atoms with E-state index in [1.54, 1.807) is 30.3 Å². The Morgan fingerprint density at radius 1 is 1.03 bits per heavy atom. The summed E-state index contributed by atoms with van der Waals surface area (Å²) in [7, 11) is -3.20. The van der Waals surface area contributed by atoms with Crippen LogP contribution >= 0.6 is 0 Å². The van der Waals surface area contributed by atoms with Crippen LogP contribution in [0.2, 0.25) is 0 Å². The highest BCUT2D eigenvalue weighted by atomic mass is 32.2. The summed E-state index contributed by atoms with van der Waals surface area (Å²) >= 11 is 0. The number of rotatable bonds is 6. The van der Waals surface area contributed by atoms with Crippen LogP contribution in [-0.2, 0) is 19.4 Å². The number of aryl methyl sites for hydroxylation is 2. The normalized spacial score (nSPS) is 16.9. The maximum absolute atomic E-state index is 13.1. The van der Waals surface area contributed by atoms with Crippen molar-refractivity contribution < 1.29 is 22.7 Å². The van der Waals surface area contributed by atoms with Crippen molar-refractivity contribution in [1.29, 1.82) is 0 Å². The molecule has 8 heteroatoms. The third-order valence-corrected chi connectivity index (χ3v) is 7.90. The minimum atomic E-state index is -3.20. The zero-order chi connectivity index (χ0) is 24.5. The first kappa shape index (κ1) is 23.8. The summed E-state index contributed by atoms with van der Waals surface area (Å²) in [4.78, 5) is 27.5. The van der Waals surface area contributed by atoms with Crippen molar-refractivity contribution >= 4 is 27.4 Å². The summed E-state index contributed by atoms with van der Waals surface area (Å²) < 4.78 is 31.4. The summed E-state index contributed by atoms with van der Waals surface area (Å²) in [5.74, 6) is -1.10. The van der Waals surface area contributed by atoms with Gasteiger partial charge in [-0.05, 0) is 57.5 Å². The Hall–Kier alpha value is -3.39. The van der Waals surface area contributed by atoms with Gasteiger partial charge < -0.3 is 14.2 Å². The molecule has 1 fully saturated rings. The van der Waals surface area contributed by atoms with Crippen LogP contribution in [0.25, 0.3) is 5.69 Å². The average molecular weight is 481 g/mol. The Kier molecular flexibility index (Phi) is 6.61. The van der Waals surface area contributed by atoms with Gasteiger partial charge in [0.25, 0.3) is 5.91 Å². The van der Waals surface area contributed by atoms with Gasteiger partial charge in [0.05, 0.1) is 23.1 Å². The van der Waals surface area contributed by atoms with Gasteiger partial charge in [0.2, 0.25) is 0 Å². The number of carbonyl (C=O) groups is 2. The molecule has 178 valence electrons. The van der Waals surface area contributed by atoms with Crippen LogP contribution < -0.4 is 4.90 Å². The van der Waals surface area contributed by atoms with Crippen molar-refractivity contribution in [2.45, 2.75) is 33.2 Å². The van der Waals surface area contributed by atoms with E-state index in [-0.39, 0.29) is 11.5 Å². The van der Waals surface area contributed by atoms with Crippen molar-refractivity contribution in [2.24, 2.45) is 0 Å². The van der Waals surface area contributed by atoms with Crippen molar-refractivity contribution in [1.82, 2.24) is 4.57 Å². The summed E-state index contributed by atoms with van der Waals surface area (Å²) in [6.07, 6.45) is 0.356. The molecule has 0 bridgehead atoms. The topological polar surface area (TPSA) is 85.7 Å². The van der Waals surface area contributed by atoms with Gasteiger partial charge in [-0.15, -0.1) is 0 Å². The Labute approximate surface area is 199 Å². The molecule has 0 saturated carbocycles. The highest BCUT2D eigenvalue weighted by Crippen LogP contribution is 2.25. The van der Waals surface area contributed by atoms with E-state index in [1.807, 2.05) is 55.7 Å². The van der Waals surface area contributed by atoms with Gasteiger partial charge in [-0.3, -0.25) is 4.79 Å². The van der Waals surface area contributed by atoms with Crippen molar-refractivity contribution in [3.05, 3.63) is 83.2 Å². The second-order valence-electron chi connectivity index (χ2n) is 8.69. The second kappa shape index (κ2) is 9.46. The fourth-order valence-corrected chi connectivity index (χ4v) is 6.16. The van der Waals surface area contributed by atoms with Gasteiger partial charge in [-0.25, -0.2) is 13.2 Å². The van der Waals surface area contributed by atoms with Gasteiger partial charge in [0.1, 0.15) is 0 Å².